The van der Waals surface area contributed by atoms with Crippen LogP contribution in [0.5, 0.6) is 0 Å². The Morgan fingerprint density at radius 2 is 2.33 bits per heavy atom. The first kappa shape index (κ1) is 12.5. The third-order valence-corrected chi connectivity index (χ3v) is 4.11. The second-order valence-corrected chi connectivity index (χ2v) is 4.98. The minimum absolute atomic E-state index is 0.276. The molecule has 1 aromatic heterocycles. The molecule has 5 nitrogen and oxygen atoms in total. The summed E-state index contributed by atoms with van der Waals surface area (Å²) in [5, 5.41) is 8.69. The van der Waals surface area contributed by atoms with Crippen LogP contribution >= 0.6 is 27.7 Å². The van der Waals surface area contributed by atoms with Crippen molar-refractivity contribution in [3.8, 4) is 0 Å². The van der Waals surface area contributed by atoms with Gasteiger partial charge in [-0.3, -0.25) is 4.79 Å². The Morgan fingerprint density at radius 1 is 1.67 bits per heavy atom. The zero-order chi connectivity index (χ0) is 11.4. The predicted molar refractivity (Wildman–Crippen MR) is 61.2 cm³/mol. The van der Waals surface area contributed by atoms with E-state index >= 15 is 0 Å². The molecule has 0 aromatic carbocycles. The largest absolute Gasteiger partial charge is 0.468 e. The molecule has 0 spiro atoms. The van der Waals surface area contributed by atoms with Gasteiger partial charge in [0.05, 0.1) is 7.11 Å². The molecule has 1 heterocycles. The third-order valence-electron chi connectivity index (χ3n) is 1.87. The van der Waals surface area contributed by atoms with Crippen molar-refractivity contribution in [2.24, 2.45) is 7.05 Å². The summed E-state index contributed by atoms with van der Waals surface area (Å²) in [4.78, 5) is 10.8. The lowest BCUT2D eigenvalue weighted by molar-refractivity contribution is -0.139. The van der Waals surface area contributed by atoms with E-state index in [4.69, 9.17) is 0 Å². The monoisotopic (exact) mass is 293 g/mol. The van der Waals surface area contributed by atoms with E-state index in [0.29, 0.717) is 5.75 Å². The minimum Gasteiger partial charge on any atom is -0.468 e. The Labute approximate surface area is 101 Å². The summed E-state index contributed by atoms with van der Waals surface area (Å²) in [7, 11) is 3.26. The molecule has 0 aliphatic carbocycles. The molecule has 1 aromatic rings. The van der Waals surface area contributed by atoms with Gasteiger partial charge in [-0.1, -0.05) is 27.7 Å². The fourth-order valence-electron chi connectivity index (χ4n) is 0.857. The van der Waals surface area contributed by atoms with Gasteiger partial charge in [0.1, 0.15) is 10.7 Å². The van der Waals surface area contributed by atoms with Crippen LogP contribution in [0.4, 0.5) is 0 Å². The molecule has 15 heavy (non-hydrogen) atoms. The van der Waals surface area contributed by atoms with Crippen molar-refractivity contribution in [1.29, 1.82) is 0 Å². The molecular weight excluding hydrogens is 282 g/mol. The Hall–Kier alpha value is -0.560. The standard InChI is InChI=1S/C8H12BrN3O2S/c1-5-10-11-8(12(5)2)15-4-6(9)7(13)14-3/h6H,4H2,1-3H3. The van der Waals surface area contributed by atoms with Crippen molar-refractivity contribution in [3.05, 3.63) is 5.82 Å². The molecule has 0 saturated heterocycles. The van der Waals surface area contributed by atoms with E-state index < -0.39 is 0 Å². The van der Waals surface area contributed by atoms with Gasteiger partial charge in [-0.2, -0.15) is 0 Å². The van der Waals surface area contributed by atoms with Gasteiger partial charge in [-0.15, -0.1) is 10.2 Å². The smallest absolute Gasteiger partial charge is 0.320 e. The second-order valence-electron chi connectivity index (χ2n) is 2.89. The molecular formula is C8H12BrN3O2S. The van der Waals surface area contributed by atoms with Crippen molar-refractivity contribution in [2.75, 3.05) is 12.9 Å². The lowest BCUT2D eigenvalue weighted by Crippen LogP contribution is -2.18. The van der Waals surface area contributed by atoms with E-state index in [1.807, 2.05) is 18.5 Å². The Morgan fingerprint density at radius 3 is 2.80 bits per heavy atom. The van der Waals surface area contributed by atoms with Crippen molar-refractivity contribution < 1.29 is 9.53 Å². The Kier molecular flexibility index (Phi) is 4.59. The van der Waals surface area contributed by atoms with E-state index in [0.717, 1.165) is 11.0 Å². The van der Waals surface area contributed by atoms with Crippen LogP contribution in [0, 0.1) is 6.92 Å². The fourth-order valence-corrected chi connectivity index (χ4v) is 2.30. The molecule has 1 atom stereocenters. The summed E-state index contributed by atoms with van der Waals surface area (Å²) < 4.78 is 6.47. The van der Waals surface area contributed by atoms with Gasteiger partial charge >= 0.3 is 5.97 Å². The van der Waals surface area contributed by atoms with E-state index in [1.54, 1.807) is 0 Å². The van der Waals surface area contributed by atoms with Crippen LogP contribution in [0.2, 0.25) is 0 Å². The quantitative estimate of drug-likeness (QED) is 0.474. The number of aryl methyl sites for hydroxylation is 1. The van der Waals surface area contributed by atoms with Crippen LogP contribution in [-0.4, -0.2) is 38.4 Å². The number of rotatable bonds is 4. The van der Waals surface area contributed by atoms with Crippen LogP contribution < -0.4 is 0 Å². The summed E-state index contributed by atoms with van der Waals surface area (Å²) in [5.41, 5.74) is 0. The minimum atomic E-state index is -0.315. The van der Waals surface area contributed by atoms with E-state index in [-0.39, 0.29) is 10.8 Å². The molecule has 0 bridgehead atoms. The molecule has 84 valence electrons. The first-order valence-corrected chi connectivity index (χ1v) is 6.17. The summed E-state index contributed by atoms with van der Waals surface area (Å²) in [5.74, 6) is 1.14. The van der Waals surface area contributed by atoms with Crippen molar-refractivity contribution >= 4 is 33.7 Å². The molecule has 0 fully saturated rings. The Bertz CT molecular complexity index is 356. The summed E-state index contributed by atoms with van der Waals surface area (Å²) >= 11 is 4.70. The zero-order valence-corrected chi connectivity index (χ0v) is 11.1. The van der Waals surface area contributed by atoms with Crippen molar-refractivity contribution in [3.63, 3.8) is 0 Å². The summed E-state index contributed by atoms with van der Waals surface area (Å²) in [6.45, 7) is 1.88. The molecule has 0 radical (unpaired) electrons. The number of carbonyl (C=O) groups excluding carboxylic acids is 1. The predicted octanol–water partition coefficient (Wildman–Crippen LogP) is 1.15. The molecule has 1 unspecified atom stereocenters. The first-order valence-electron chi connectivity index (χ1n) is 4.27. The van der Waals surface area contributed by atoms with Gasteiger partial charge in [-0.25, -0.2) is 0 Å². The lowest BCUT2D eigenvalue weighted by Gasteiger charge is -2.06. The van der Waals surface area contributed by atoms with Gasteiger partial charge < -0.3 is 9.30 Å². The number of aromatic nitrogens is 3. The summed E-state index contributed by atoms with van der Waals surface area (Å²) in [6.07, 6.45) is 0. The molecule has 1 rings (SSSR count). The van der Waals surface area contributed by atoms with Crippen LogP contribution in [0.3, 0.4) is 0 Å². The first-order chi connectivity index (χ1) is 7.06. The van der Waals surface area contributed by atoms with Gasteiger partial charge in [0.2, 0.25) is 0 Å². The maximum Gasteiger partial charge on any atom is 0.320 e. The highest BCUT2D eigenvalue weighted by molar-refractivity contribution is 9.10. The molecule has 0 amide bonds. The highest BCUT2D eigenvalue weighted by Gasteiger charge is 2.17. The average Bonchev–Trinajstić information content (AvgIpc) is 2.55. The summed E-state index contributed by atoms with van der Waals surface area (Å²) in [6, 6.07) is 0. The van der Waals surface area contributed by atoms with E-state index in [1.165, 1.54) is 18.9 Å². The SMILES string of the molecule is COC(=O)C(Br)CSc1nnc(C)n1C. The molecule has 0 N–H and O–H groups in total. The molecule has 0 aliphatic heterocycles. The maximum atomic E-state index is 11.1. The van der Waals surface area contributed by atoms with Crippen LogP contribution in [-0.2, 0) is 16.6 Å². The van der Waals surface area contributed by atoms with Gasteiger partial charge in [-0.05, 0) is 6.92 Å². The number of hydrogen-bond acceptors (Lipinski definition) is 5. The highest BCUT2D eigenvalue weighted by Crippen LogP contribution is 2.19. The second kappa shape index (κ2) is 5.50. The van der Waals surface area contributed by atoms with E-state index in [2.05, 4.69) is 30.9 Å². The lowest BCUT2D eigenvalue weighted by atomic mass is 10.5. The highest BCUT2D eigenvalue weighted by atomic mass is 79.9. The molecule has 0 saturated carbocycles. The molecule has 7 heteroatoms. The Balaban J connectivity index is 2.50. The normalized spacial score (nSPS) is 12.5. The topological polar surface area (TPSA) is 57.0 Å². The van der Waals surface area contributed by atoms with E-state index in [9.17, 15) is 4.79 Å². The maximum absolute atomic E-state index is 11.1. The van der Waals surface area contributed by atoms with Gasteiger partial charge in [0, 0.05) is 12.8 Å². The average molecular weight is 294 g/mol. The number of nitrogens with zero attached hydrogens (tertiary/aromatic N) is 3. The third kappa shape index (κ3) is 3.20. The van der Waals surface area contributed by atoms with Crippen LogP contribution in [0.1, 0.15) is 5.82 Å². The van der Waals surface area contributed by atoms with Gasteiger partial charge in [0.15, 0.2) is 5.16 Å². The van der Waals surface area contributed by atoms with Crippen LogP contribution in [0.25, 0.3) is 0 Å². The zero-order valence-electron chi connectivity index (χ0n) is 8.73. The number of thioether (sulfide) groups is 1. The van der Waals surface area contributed by atoms with Crippen molar-refractivity contribution in [1.82, 2.24) is 14.8 Å². The number of hydrogen-bond donors (Lipinski definition) is 0. The fraction of sp³-hybridized carbons (Fsp3) is 0.625. The number of carbonyl (C=O) groups is 1. The number of alkyl halides is 1. The van der Waals surface area contributed by atoms with Crippen molar-refractivity contribution in [2.45, 2.75) is 16.9 Å². The number of ether oxygens (including phenoxy) is 1. The number of methoxy groups -OCH3 is 1. The number of halogens is 1. The van der Waals surface area contributed by atoms with Crippen LogP contribution in [0.15, 0.2) is 5.16 Å². The van der Waals surface area contributed by atoms with Gasteiger partial charge in [0.25, 0.3) is 0 Å². The molecule has 0 aliphatic rings. The number of esters is 1.